The van der Waals surface area contributed by atoms with Crippen molar-refractivity contribution in [2.24, 2.45) is 0 Å². The smallest absolute Gasteiger partial charge is 0.462 e. The number of allylic oxidation sites excluding steroid dienone is 10. The minimum Gasteiger partial charge on any atom is -0.462 e. The number of aromatic nitrogens is 2. The van der Waals surface area contributed by atoms with Crippen molar-refractivity contribution >= 4 is 33.4 Å². The molecule has 1 aromatic heterocycles. The summed E-state index contributed by atoms with van der Waals surface area (Å²) in [7, 11) is -10.9. The van der Waals surface area contributed by atoms with Gasteiger partial charge in [0.25, 0.3) is 0 Å². The predicted octanol–water partition coefficient (Wildman–Crippen LogP) is 9.08. The molecular weight excluding hydrogens is 961 g/mol. The maximum Gasteiger partial charge on any atom is 0.481 e. The van der Waals surface area contributed by atoms with Crippen molar-refractivity contribution in [3.05, 3.63) is 95.7 Å². The molecule has 0 aliphatic carbocycles. The fourth-order valence-electron chi connectivity index (χ4n) is 6.90. The number of aliphatic hydroxyl groups is 3. The molecule has 71 heavy (non-hydrogen) atoms. The highest BCUT2D eigenvalue weighted by molar-refractivity contribution is 7.61. The van der Waals surface area contributed by atoms with Gasteiger partial charge < -0.3 is 45.1 Å². The number of nitrogens with two attached hydrogens (primary N) is 1. The van der Waals surface area contributed by atoms with Gasteiger partial charge in [-0.15, -0.1) is 0 Å². The summed E-state index contributed by atoms with van der Waals surface area (Å²) in [4.78, 5) is 61.8. The van der Waals surface area contributed by atoms with E-state index >= 15 is 0 Å². The Kier molecular flexibility index (Phi) is 33.7. The molecule has 0 amide bonds. The average Bonchev–Trinajstić information content (AvgIpc) is 3.60. The molecule has 19 nitrogen and oxygen atoms in total. The Hall–Kier alpha value is -3.84. The van der Waals surface area contributed by atoms with Crippen LogP contribution >= 0.6 is 15.6 Å². The third kappa shape index (κ3) is 30.7. The number of rotatable bonds is 40. The summed E-state index contributed by atoms with van der Waals surface area (Å²) in [6.45, 7) is 1.94. The third-order valence-corrected chi connectivity index (χ3v) is 13.5. The van der Waals surface area contributed by atoms with E-state index in [1.165, 1.54) is 44.6 Å². The monoisotopic (exact) mass is 1040 g/mol. The normalized spacial score (nSPS) is 20.2. The number of nitrogen functional groups attached to an aromatic ring is 1. The number of nitrogens with zero attached hydrogens (tertiary/aromatic N) is 2. The standard InChI is InChI=1S/C50H81N3O16P2/c1-3-5-7-9-11-12-13-14-15-16-17-18-22-27-31-35-46(56)67-42(38-64-45(55)34-30-26-23-19-21-25-29-33-41(54)32-28-24-20-10-8-6-4-2)39-65-70(60,61)69-71(62,63)66-40-43-47(57)48(58)49(68-43)53-37-36-44(51)52-50(53)59/h12-15,19-20,23-25,28-29,32,36-37,41-43,47-49,54,57-58H,3-11,16-18,21-22,26-27,30-31,33-35,38-40H2,1-2H3,(H,60,61)(H,62,63)(H2,51,52,59)/b13-12-,15-14-,23-19+,24-20-,29-25-,32-28-/t41-,42-,43-,47-,48-,49-/m1/s1. The number of phosphoric acid groups is 2. The van der Waals surface area contributed by atoms with Gasteiger partial charge in [0.15, 0.2) is 12.3 Å². The number of hydrogen-bond donors (Lipinski definition) is 6. The van der Waals surface area contributed by atoms with E-state index in [-0.39, 0.29) is 18.7 Å². The number of esters is 2. The SMILES string of the molecule is CCCCC/C=C\C=C/[C@@H](O)C/C=C\C/C=C/CCCC(=O)OC[C@H](COP(=O)(O)OP(=O)(O)OC[C@H]1O[C@@H](n2ccc(N)nc2=O)[C@H](O)[C@@H]1O)OC(=O)CCCCCCC/C=C\C=C/CCCCCC. The fraction of sp³-hybridized carbons (Fsp3) is 0.640. The van der Waals surface area contributed by atoms with Crippen molar-refractivity contribution in [3.8, 4) is 0 Å². The van der Waals surface area contributed by atoms with E-state index in [4.69, 9.17) is 29.0 Å². The Bertz CT molecular complexity index is 1990. The second kappa shape index (κ2) is 37.8. The molecule has 2 heterocycles. The third-order valence-electron chi connectivity index (χ3n) is 10.9. The summed E-state index contributed by atoms with van der Waals surface area (Å²) in [6.07, 6.45) is 34.4. The van der Waals surface area contributed by atoms with Crippen molar-refractivity contribution in [1.29, 1.82) is 0 Å². The Morgan fingerprint density at radius 2 is 1.32 bits per heavy atom. The van der Waals surface area contributed by atoms with Gasteiger partial charge in [-0.3, -0.25) is 23.2 Å². The van der Waals surface area contributed by atoms with Gasteiger partial charge in [-0.25, -0.2) is 13.9 Å². The van der Waals surface area contributed by atoms with Gasteiger partial charge in [0.2, 0.25) is 0 Å². The van der Waals surface area contributed by atoms with Gasteiger partial charge in [0.05, 0.1) is 19.3 Å². The lowest BCUT2D eigenvalue weighted by molar-refractivity contribution is -0.161. The zero-order chi connectivity index (χ0) is 52.2. The fourth-order valence-corrected chi connectivity index (χ4v) is 9.02. The molecule has 1 aliphatic heterocycles. The van der Waals surface area contributed by atoms with Gasteiger partial charge in [-0.05, 0) is 76.7 Å². The van der Waals surface area contributed by atoms with Crippen molar-refractivity contribution < 1.29 is 71.4 Å². The van der Waals surface area contributed by atoms with E-state index in [1.807, 2.05) is 36.5 Å². The minimum absolute atomic E-state index is 0.00446. The number of aliphatic hydroxyl groups excluding tert-OH is 3. The first-order valence-corrected chi connectivity index (χ1v) is 28.1. The van der Waals surface area contributed by atoms with Gasteiger partial charge in [-0.2, -0.15) is 9.29 Å². The Morgan fingerprint density at radius 3 is 2.01 bits per heavy atom. The molecule has 1 fully saturated rings. The molecule has 0 spiro atoms. The first kappa shape index (κ1) is 63.3. The lowest BCUT2D eigenvalue weighted by Gasteiger charge is -2.21. The summed E-state index contributed by atoms with van der Waals surface area (Å²) in [6, 6.07) is 1.24. The summed E-state index contributed by atoms with van der Waals surface area (Å²) >= 11 is 0. The highest BCUT2D eigenvalue weighted by Gasteiger charge is 2.46. The van der Waals surface area contributed by atoms with E-state index in [9.17, 15) is 48.6 Å². The average molecular weight is 1040 g/mol. The zero-order valence-corrected chi connectivity index (χ0v) is 43.4. The number of carbonyl (C=O) groups excluding carboxylic acids is 2. The van der Waals surface area contributed by atoms with Crippen molar-refractivity contribution in [2.75, 3.05) is 25.6 Å². The van der Waals surface area contributed by atoms with Gasteiger partial charge >= 0.3 is 33.3 Å². The van der Waals surface area contributed by atoms with Crippen LogP contribution in [0.5, 0.6) is 0 Å². The molecule has 1 aliphatic rings. The first-order chi connectivity index (χ1) is 34.1. The zero-order valence-electron chi connectivity index (χ0n) is 41.6. The molecule has 0 saturated carbocycles. The molecule has 2 rings (SSSR count). The Labute approximate surface area is 419 Å². The maximum absolute atomic E-state index is 12.8. The lowest BCUT2D eigenvalue weighted by Crippen LogP contribution is -2.36. The van der Waals surface area contributed by atoms with Gasteiger partial charge in [-0.1, -0.05) is 138 Å². The highest BCUT2D eigenvalue weighted by atomic mass is 31.3. The van der Waals surface area contributed by atoms with Crippen LogP contribution in [0, 0.1) is 0 Å². The van der Waals surface area contributed by atoms with Crippen LogP contribution < -0.4 is 11.4 Å². The second-order valence-corrected chi connectivity index (χ2v) is 20.2. The molecular formula is C50H81N3O16P2. The van der Waals surface area contributed by atoms with Crippen LogP contribution in [0.2, 0.25) is 0 Å². The van der Waals surface area contributed by atoms with Crippen LogP contribution in [0.3, 0.4) is 0 Å². The van der Waals surface area contributed by atoms with Crippen molar-refractivity contribution in [1.82, 2.24) is 9.55 Å². The topological polar surface area (TPSA) is 286 Å². The molecule has 402 valence electrons. The van der Waals surface area contributed by atoms with E-state index in [0.29, 0.717) is 32.1 Å². The number of phosphoric ester groups is 2. The van der Waals surface area contributed by atoms with Crippen LogP contribution in [-0.2, 0) is 46.3 Å². The number of anilines is 1. The molecule has 2 unspecified atom stereocenters. The highest BCUT2D eigenvalue weighted by Crippen LogP contribution is 2.60. The van der Waals surface area contributed by atoms with Gasteiger partial charge in [0, 0.05) is 19.0 Å². The van der Waals surface area contributed by atoms with Crippen LogP contribution in [0.15, 0.2) is 90.0 Å². The number of ether oxygens (including phenoxy) is 3. The largest absolute Gasteiger partial charge is 0.481 e. The van der Waals surface area contributed by atoms with Crippen LogP contribution in [0.1, 0.15) is 155 Å². The van der Waals surface area contributed by atoms with Crippen LogP contribution in [0.4, 0.5) is 5.82 Å². The van der Waals surface area contributed by atoms with Crippen molar-refractivity contribution in [2.45, 2.75) is 185 Å². The molecule has 0 aromatic carbocycles. The van der Waals surface area contributed by atoms with Gasteiger partial charge in [0.1, 0.15) is 30.7 Å². The van der Waals surface area contributed by atoms with E-state index in [1.54, 1.807) is 6.08 Å². The molecule has 0 radical (unpaired) electrons. The molecule has 1 aromatic rings. The summed E-state index contributed by atoms with van der Waals surface area (Å²) in [5, 5.41) is 31.0. The molecule has 1 saturated heterocycles. The predicted molar refractivity (Wildman–Crippen MR) is 271 cm³/mol. The summed E-state index contributed by atoms with van der Waals surface area (Å²) < 4.78 is 56.6. The lowest BCUT2D eigenvalue weighted by atomic mass is 10.1. The minimum atomic E-state index is -5.45. The molecule has 7 N–H and O–H groups in total. The van der Waals surface area contributed by atoms with E-state index in [0.717, 1.165) is 62.1 Å². The second-order valence-electron chi connectivity index (χ2n) is 17.2. The maximum atomic E-state index is 12.8. The number of hydrogen-bond acceptors (Lipinski definition) is 16. The van der Waals surface area contributed by atoms with Crippen LogP contribution in [-0.4, -0.2) is 96.9 Å². The summed E-state index contributed by atoms with van der Waals surface area (Å²) in [5.74, 6) is -1.43. The van der Waals surface area contributed by atoms with Crippen LogP contribution in [0.25, 0.3) is 0 Å². The molecule has 21 heteroatoms. The van der Waals surface area contributed by atoms with E-state index in [2.05, 4.69) is 53.5 Å². The number of carbonyl (C=O) groups is 2. The number of unbranched alkanes of at least 4 members (excludes halogenated alkanes) is 13. The quantitative estimate of drug-likeness (QED) is 0.0117. The summed E-state index contributed by atoms with van der Waals surface area (Å²) in [5.41, 5.74) is 4.57. The van der Waals surface area contributed by atoms with Crippen molar-refractivity contribution in [3.63, 3.8) is 0 Å². The van der Waals surface area contributed by atoms with E-state index < -0.39 is 89.8 Å². The first-order valence-electron chi connectivity index (χ1n) is 25.1. The Balaban J connectivity index is 1.86. The molecule has 0 bridgehead atoms. The molecule has 8 atom stereocenters. The Morgan fingerprint density at radius 1 is 0.746 bits per heavy atom.